The maximum Gasteiger partial charge on any atom is 0.311 e. The molecule has 2 aliphatic heterocycles. The Balaban J connectivity index is 1.41. The summed E-state index contributed by atoms with van der Waals surface area (Å²) in [5.41, 5.74) is 3.16. The van der Waals surface area contributed by atoms with Crippen LogP contribution in [0.1, 0.15) is 28.4 Å². The monoisotopic (exact) mass is 444 g/mol. The van der Waals surface area contributed by atoms with E-state index in [1.54, 1.807) is 28.3 Å². The summed E-state index contributed by atoms with van der Waals surface area (Å²) in [5.74, 6) is -1.17. The first-order valence-electron chi connectivity index (χ1n) is 10.9. The number of ether oxygens (including phenoxy) is 1. The summed E-state index contributed by atoms with van der Waals surface area (Å²) in [6.07, 6.45) is 3.92. The molecule has 0 unspecified atom stereocenters. The van der Waals surface area contributed by atoms with E-state index in [0.717, 1.165) is 16.7 Å². The second-order valence-corrected chi connectivity index (χ2v) is 8.43. The molecule has 0 saturated carbocycles. The second-order valence-electron chi connectivity index (χ2n) is 8.43. The Hall–Kier alpha value is -3.94. The highest BCUT2D eigenvalue weighted by atomic mass is 16.5. The van der Waals surface area contributed by atoms with E-state index < -0.39 is 12.0 Å². The van der Waals surface area contributed by atoms with E-state index in [1.165, 1.54) is 7.11 Å². The molecule has 0 radical (unpaired) electrons. The average Bonchev–Trinajstić information content (AvgIpc) is 3.52. The Morgan fingerprint density at radius 2 is 1.91 bits per heavy atom. The molecule has 0 spiro atoms. The predicted octanol–water partition coefficient (Wildman–Crippen LogP) is 2.66. The number of carbonyl (C=O) groups is 3. The van der Waals surface area contributed by atoms with Gasteiger partial charge in [0.1, 0.15) is 6.54 Å². The number of aromatic nitrogens is 2. The highest BCUT2D eigenvalue weighted by molar-refractivity contribution is 5.98. The van der Waals surface area contributed by atoms with Crippen LogP contribution in [0.4, 0.5) is 0 Å². The van der Waals surface area contributed by atoms with Crippen molar-refractivity contribution in [1.82, 2.24) is 20.0 Å². The van der Waals surface area contributed by atoms with Crippen LogP contribution in [-0.2, 0) is 14.3 Å². The maximum absolute atomic E-state index is 13.3. The van der Waals surface area contributed by atoms with E-state index in [1.807, 2.05) is 48.5 Å². The van der Waals surface area contributed by atoms with Crippen LogP contribution in [0.3, 0.4) is 0 Å². The molecule has 2 aromatic carbocycles. The van der Waals surface area contributed by atoms with E-state index in [0.29, 0.717) is 18.5 Å². The smallest absolute Gasteiger partial charge is 0.311 e. The minimum absolute atomic E-state index is 0.0253. The molecular formula is C25H24N4O4. The quantitative estimate of drug-likeness (QED) is 0.625. The molecule has 2 saturated heterocycles. The summed E-state index contributed by atoms with van der Waals surface area (Å²) in [6.45, 7) is 0.347. The summed E-state index contributed by atoms with van der Waals surface area (Å²) in [6, 6.07) is 16.2. The number of methoxy groups -OCH3 is 1. The van der Waals surface area contributed by atoms with Crippen LogP contribution >= 0.6 is 0 Å². The largest absolute Gasteiger partial charge is 0.469 e. The Morgan fingerprint density at radius 1 is 1.09 bits per heavy atom. The van der Waals surface area contributed by atoms with Crippen molar-refractivity contribution >= 4 is 17.8 Å². The third kappa shape index (κ3) is 3.77. The number of amides is 2. The predicted molar refractivity (Wildman–Crippen MR) is 120 cm³/mol. The number of H-pyrrole nitrogens is 1. The molecule has 2 fully saturated rings. The molecule has 3 heterocycles. The van der Waals surface area contributed by atoms with Crippen molar-refractivity contribution in [3.8, 4) is 11.1 Å². The number of esters is 1. The van der Waals surface area contributed by atoms with Gasteiger partial charge < -0.3 is 14.5 Å². The van der Waals surface area contributed by atoms with E-state index in [2.05, 4.69) is 10.2 Å². The van der Waals surface area contributed by atoms with Gasteiger partial charge in [0.25, 0.3) is 5.91 Å². The standard InChI is InChI=1S/C25H24N4O4/c1-33-25(32)21-11-20-14-28(15-22(30)29(20)23(21)16-6-3-2-4-7-16)24(31)18-9-5-8-17(10-18)19-12-26-27-13-19/h2-10,12-13,20-21,23H,11,14-15H2,1H3,(H,26,27)/t20-,21-,23-/m0/s1. The number of piperazine rings is 1. The Kier molecular flexibility index (Phi) is 5.42. The molecule has 3 aromatic rings. The van der Waals surface area contributed by atoms with Gasteiger partial charge in [0.2, 0.25) is 5.91 Å². The molecule has 0 aliphatic carbocycles. The number of carbonyl (C=O) groups excluding carboxylic acids is 3. The fourth-order valence-electron chi connectivity index (χ4n) is 5.04. The first-order valence-corrected chi connectivity index (χ1v) is 10.9. The maximum atomic E-state index is 13.3. The van der Waals surface area contributed by atoms with Gasteiger partial charge in [-0.15, -0.1) is 0 Å². The van der Waals surface area contributed by atoms with Crippen LogP contribution in [0.5, 0.6) is 0 Å². The molecule has 2 amide bonds. The molecule has 168 valence electrons. The molecule has 33 heavy (non-hydrogen) atoms. The van der Waals surface area contributed by atoms with Gasteiger partial charge >= 0.3 is 5.97 Å². The lowest BCUT2D eigenvalue weighted by Gasteiger charge is -2.40. The van der Waals surface area contributed by atoms with Gasteiger partial charge in [-0.2, -0.15) is 5.10 Å². The number of benzene rings is 2. The second kappa shape index (κ2) is 8.54. The van der Waals surface area contributed by atoms with Crippen molar-refractivity contribution in [3.05, 3.63) is 78.1 Å². The minimum atomic E-state index is -0.467. The Bertz CT molecular complexity index is 1180. The number of nitrogens with one attached hydrogen (secondary N) is 1. The topological polar surface area (TPSA) is 95.6 Å². The summed E-state index contributed by atoms with van der Waals surface area (Å²) in [4.78, 5) is 42.6. The van der Waals surface area contributed by atoms with E-state index in [4.69, 9.17) is 4.74 Å². The molecule has 1 N–H and O–H groups in total. The van der Waals surface area contributed by atoms with Gasteiger partial charge in [-0.05, 0) is 29.7 Å². The zero-order valence-corrected chi connectivity index (χ0v) is 18.2. The van der Waals surface area contributed by atoms with Crippen molar-refractivity contribution < 1.29 is 19.1 Å². The molecule has 8 nitrogen and oxygen atoms in total. The van der Waals surface area contributed by atoms with Gasteiger partial charge in [0.15, 0.2) is 0 Å². The lowest BCUT2D eigenvalue weighted by molar-refractivity contribution is -0.147. The minimum Gasteiger partial charge on any atom is -0.469 e. The molecule has 8 heteroatoms. The highest BCUT2D eigenvalue weighted by Gasteiger charge is 2.51. The summed E-state index contributed by atoms with van der Waals surface area (Å²) in [5, 5.41) is 6.73. The SMILES string of the molecule is COC(=O)[C@H]1C[C@H]2CN(C(=O)c3cccc(-c4cn[nH]c4)c3)CC(=O)N2[C@H]1c1ccccc1. The summed E-state index contributed by atoms with van der Waals surface area (Å²) >= 11 is 0. The van der Waals surface area contributed by atoms with Crippen molar-refractivity contribution in [2.45, 2.75) is 18.5 Å². The molecule has 3 atom stereocenters. The van der Waals surface area contributed by atoms with Crippen LogP contribution in [0, 0.1) is 5.92 Å². The molecular weight excluding hydrogens is 420 g/mol. The fourth-order valence-corrected chi connectivity index (χ4v) is 5.04. The van der Waals surface area contributed by atoms with Gasteiger partial charge in [0.05, 0.1) is 31.3 Å². The van der Waals surface area contributed by atoms with E-state index >= 15 is 0 Å². The Morgan fingerprint density at radius 3 is 2.64 bits per heavy atom. The van der Waals surface area contributed by atoms with Crippen LogP contribution < -0.4 is 0 Å². The van der Waals surface area contributed by atoms with Crippen molar-refractivity contribution in [2.24, 2.45) is 5.92 Å². The summed E-state index contributed by atoms with van der Waals surface area (Å²) in [7, 11) is 1.37. The lowest BCUT2D eigenvalue weighted by atomic mass is 9.93. The van der Waals surface area contributed by atoms with Gasteiger partial charge in [0, 0.05) is 23.9 Å². The average molecular weight is 444 g/mol. The number of hydrogen-bond donors (Lipinski definition) is 1. The molecule has 2 aliphatic rings. The highest BCUT2D eigenvalue weighted by Crippen LogP contribution is 2.43. The molecule has 0 bridgehead atoms. The van der Waals surface area contributed by atoms with Gasteiger partial charge in [-0.1, -0.05) is 42.5 Å². The van der Waals surface area contributed by atoms with E-state index in [9.17, 15) is 14.4 Å². The number of rotatable bonds is 4. The molecule has 1 aromatic heterocycles. The van der Waals surface area contributed by atoms with Crippen LogP contribution in [0.15, 0.2) is 67.0 Å². The third-order valence-corrected chi connectivity index (χ3v) is 6.52. The zero-order valence-electron chi connectivity index (χ0n) is 18.2. The zero-order chi connectivity index (χ0) is 22.9. The third-order valence-electron chi connectivity index (χ3n) is 6.52. The first-order chi connectivity index (χ1) is 16.1. The van der Waals surface area contributed by atoms with Crippen molar-refractivity contribution in [3.63, 3.8) is 0 Å². The number of nitrogens with zero attached hydrogens (tertiary/aromatic N) is 3. The number of aromatic amines is 1. The van der Waals surface area contributed by atoms with Crippen LogP contribution in [0.25, 0.3) is 11.1 Å². The van der Waals surface area contributed by atoms with Crippen LogP contribution in [-0.4, -0.2) is 64.0 Å². The van der Waals surface area contributed by atoms with Gasteiger partial charge in [-0.25, -0.2) is 0 Å². The molecule has 5 rings (SSSR count). The van der Waals surface area contributed by atoms with Crippen molar-refractivity contribution in [2.75, 3.05) is 20.2 Å². The van der Waals surface area contributed by atoms with Crippen LogP contribution in [0.2, 0.25) is 0 Å². The van der Waals surface area contributed by atoms with Crippen molar-refractivity contribution in [1.29, 1.82) is 0 Å². The fraction of sp³-hybridized carbons (Fsp3) is 0.280. The normalized spacial score (nSPS) is 22.2. The van der Waals surface area contributed by atoms with E-state index in [-0.39, 0.29) is 30.4 Å². The lowest BCUT2D eigenvalue weighted by Crippen LogP contribution is -2.55. The summed E-state index contributed by atoms with van der Waals surface area (Å²) < 4.78 is 5.05. The first kappa shape index (κ1) is 20.9. The number of fused-ring (bicyclic) bond motifs is 1. The van der Waals surface area contributed by atoms with Gasteiger partial charge in [-0.3, -0.25) is 19.5 Å². The Labute approximate surface area is 191 Å². The number of hydrogen-bond acceptors (Lipinski definition) is 5.